The Kier molecular flexibility index (Phi) is 3.76. The summed E-state index contributed by atoms with van der Waals surface area (Å²) in [5.74, 6) is -0.0203. The van der Waals surface area contributed by atoms with Crippen LogP contribution in [0.15, 0.2) is 35.3 Å². The molecule has 4 rings (SSSR count). The molecule has 0 aliphatic carbocycles. The van der Waals surface area contributed by atoms with Gasteiger partial charge in [-0.15, -0.1) is 8.78 Å². The van der Waals surface area contributed by atoms with E-state index in [-0.39, 0.29) is 23.0 Å². The number of aryl methyl sites for hydroxylation is 2. The number of ether oxygens (including phenoxy) is 2. The molecular weight excluding hydrogens is 362 g/mol. The number of carbonyl (C=O) groups excluding carboxylic acids is 1. The molecule has 138 valence electrons. The van der Waals surface area contributed by atoms with Gasteiger partial charge in [0, 0.05) is 5.56 Å². The molecule has 0 unspecified atom stereocenters. The van der Waals surface area contributed by atoms with E-state index in [4.69, 9.17) is 4.42 Å². The normalized spacial score (nSPS) is 14.2. The summed E-state index contributed by atoms with van der Waals surface area (Å²) >= 11 is 0. The van der Waals surface area contributed by atoms with Gasteiger partial charge in [-0.3, -0.25) is 9.78 Å². The zero-order valence-corrected chi connectivity index (χ0v) is 14.1. The number of hydrogen-bond acceptors (Lipinski definition) is 7. The van der Waals surface area contributed by atoms with Crippen LogP contribution in [0.25, 0.3) is 11.3 Å². The number of halogens is 2. The lowest BCUT2D eigenvalue weighted by Gasteiger charge is -2.07. The molecule has 10 heteroatoms. The Morgan fingerprint density at radius 2 is 1.81 bits per heavy atom. The highest BCUT2D eigenvalue weighted by molar-refractivity contribution is 6.02. The first-order chi connectivity index (χ1) is 12.8. The van der Waals surface area contributed by atoms with Crippen molar-refractivity contribution in [3.05, 3.63) is 47.9 Å². The summed E-state index contributed by atoms with van der Waals surface area (Å²) in [7, 11) is 0. The Labute approximate surface area is 151 Å². The third kappa shape index (κ3) is 3.16. The molecular formula is C17H12F2N4O4. The maximum absolute atomic E-state index is 13.2. The van der Waals surface area contributed by atoms with Crippen molar-refractivity contribution in [3.8, 4) is 22.8 Å². The molecule has 1 N–H and O–H groups in total. The fourth-order valence-corrected chi connectivity index (χ4v) is 2.60. The van der Waals surface area contributed by atoms with Crippen LogP contribution in [0.3, 0.4) is 0 Å². The summed E-state index contributed by atoms with van der Waals surface area (Å²) in [6.45, 7) is 3.34. The van der Waals surface area contributed by atoms with Gasteiger partial charge in [-0.2, -0.15) is 0 Å². The Morgan fingerprint density at radius 1 is 1.07 bits per heavy atom. The summed E-state index contributed by atoms with van der Waals surface area (Å²) in [4.78, 5) is 24.3. The second-order valence-corrected chi connectivity index (χ2v) is 5.78. The van der Waals surface area contributed by atoms with Crippen LogP contribution in [-0.2, 0) is 0 Å². The molecule has 1 amide bonds. The Hall–Kier alpha value is -3.56. The van der Waals surface area contributed by atoms with Crippen LogP contribution in [0.4, 0.5) is 14.6 Å². The van der Waals surface area contributed by atoms with Crippen LogP contribution in [0.2, 0.25) is 0 Å². The number of hydrogen-bond donors (Lipinski definition) is 1. The Morgan fingerprint density at radius 3 is 2.44 bits per heavy atom. The summed E-state index contributed by atoms with van der Waals surface area (Å²) in [5.41, 5.74) is 1.77. The van der Waals surface area contributed by atoms with Crippen LogP contribution < -0.4 is 14.8 Å². The number of benzene rings is 1. The maximum atomic E-state index is 13.2. The first-order valence-corrected chi connectivity index (χ1v) is 7.77. The number of fused-ring (bicyclic) bond motifs is 1. The van der Waals surface area contributed by atoms with Gasteiger partial charge in [0.15, 0.2) is 29.4 Å². The van der Waals surface area contributed by atoms with Crippen LogP contribution in [-0.4, -0.2) is 27.2 Å². The first kappa shape index (κ1) is 16.9. The zero-order chi connectivity index (χ0) is 19.2. The van der Waals surface area contributed by atoms with Crippen LogP contribution in [0.5, 0.6) is 11.5 Å². The van der Waals surface area contributed by atoms with Crippen molar-refractivity contribution in [1.82, 2.24) is 15.0 Å². The molecule has 8 nitrogen and oxygen atoms in total. The fourth-order valence-electron chi connectivity index (χ4n) is 2.60. The number of rotatable bonds is 3. The highest BCUT2D eigenvalue weighted by Crippen LogP contribution is 2.44. The molecule has 3 aromatic rings. The van der Waals surface area contributed by atoms with Gasteiger partial charge in [-0.05, 0) is 31.5 Å². The molecule has 3 heterocycles. The second-order valence-electron chi connectivity index (χ2n) is 5.78. The molecule has 27 heavy (non-hydrogen) atoms. The van der Waals surface area contributed by atoms with Gasteiger partial charge in [-0.1, -0.05) is 0 Å². The van der Waals surface area contributed by atoms with Crippen molar-refractivity contribution >= 4 is 11.7 Å². The minimum atomic E-state index is -3.69. The third-order valence-electron chi connectivity index (χ3n) is 3.88. The number of nitrogens with zero attached hydrogens (tertiary/aromatic N) is 3. The average Bonchev–Trinajstić information content (AvgIpc) is 3.16. The minimum absolute atomic E-state index is 0.0407. The number of carbonyl (C=O) groups is 1. The quantitative estimate of drug-likeness (QED) is 0.751. The molecule has 1 aliphatic rings. The van der Waals surface area contributed by atoms with E-state index in [0.717, 1.165) is 0 Å². The molecule has 0 bridgehead atoms. The molecule has 0 fully saturated rings. The predicted molar refractivity (Wildman–Crippen MR) is 87.6 cm³/mol. The Balaban J connectivity index is 1.57. The topological polar surface area (TPSA) is 99.4 Å². The van der Waals surface area contributed by atoms with Crippen molar-refractivity contribution in [2.24, 2.45) is 0 Å². The molecule has 0 saturated carbocycles. The minimum Gasteiger partial charge on any atom is -0.448 e. The number of nitrogens with one attached hydrogen (secondary N) is 1. The van der Waals surface area contributed by atoms with Crippen molar-refractivity contribution < 1.29 is 27.5 Å². The van der Waals surface area contributed by atoms with Gasteiger partial charge in [0.2, 0.25) is 0 Å². The summed E-state index contributed by atoms with van der Waals surface area (Å²) in [6.07, 6.45) is 0.243. The standard InChI is InChI=1S/C17H12F2N4O4/c1-8-3-12-13(27-17(18,19)26-12)4-10(8)11-5-21-14(6-20-11)23-16(24)15-9(2)25-7-22-15/h3-7H,1-2H3,(H,21,23,24). The van der Waals surface area contributed by atoms with Gasteiger partial charge >= 0.3 is 6.29 Å². The second kappa shape index (κ2) is 6.01. The fraction of sp³-hybridized carbons (Fsp3) is 0.176. The number of oxazole rings is 1. The monoisotopic (exact) mass is 374 g/mol. The number of alkyl halides is 2. The van der Waals surface area contributed by atoms with Gasteiger partial charge in [0.05, 0.1) is 18.1 Å². The molecule has 0 radical (unpaired) electrons. The first-order valence-electron chi connectivity index (χ1n) is 7.77. The lowest BCUT2D eigenvalue weighted by atomic mass is 10.1. The van der Waals surface area contributed by atoms with Gasteiger partial charge in [0.1, 0.15) is 5.76 Å². The summed E-state index contributed by atoms with van der Waals surface area (Å²) in [6, 6.07) is 2.85. The largest absolute Gasteiger partial charge is 0.586 e. The summed E-state index contributed by atoms with van der Waals surface area (Å²) < 4.78 is 40.3. The molecule has 0 saturated heterocycles. The molecule has 0 atom stereocenters. The number of aromatic nitrogens is 3. The summed E-state index contributed by atoms with van der Waals surface area (Å²) in [5, 5.41) is 2.55. The van der Waals surface area contributed by atoms with Crippen molar-refractivity contribution in [2.75, 3.05) is 5.32 Å². The maximum Gasteiger partial charge on any atom is 0.586 e. The van der Waals surface area contributed by atoms with Crippen LogP contribution in [0.1, 0.15) is 21.8 Å². The molecule has 2 aromatic heterocycles. The average molecular weight is 374 g/mol. The zero-order valence-electron chi connectivity index (χ0n) is 14.1. The highest BCUT2D eigenvalue weighted by atomic mass is 19.3. The van der Waals surface area contributed by atoms with Crippen LogP contribution in [0, 0.1) is 13.8 Å². The van der Waals surface area contributed by atoms with Gasteiger partial charge in [0.25, 0.3) is 5.91 Å². The number of anilines is 1. The van der Waals surface area contributed by atoms with Crippen molar-refractivity contribution in [1.29, 1.82) is 0 Å². The van der Waals surface area contributed by atoms with E-state index in [2.05, 4.69) is 29.7 Å². The smallest absolute Gasteiger partial charge is 0.448 e. The Bertz CT molecular complexity index is 1030. The molecule has 0 spiro atoms. The molecule has 1 aromatic carbocycles. The van der Waals surface area contributed by atoms with Crippen LogP contribution >= 0.6 is 0 Å². The van der Waals surface area contributed by atoms with Crippen molar-refractivity contribution in [3.63, 3.8) is 0 Å². The lowest BCUT2D eigenvalue weighted by Crippen LogP contribution is -2.25. The van der Waals surface area contributed by atoms with Crippen molar-refractivity contribution in [2.45, 2.75) is 20.1 Å². The van der Waals surface area contributed by atoms with Gasteiger partial charge < -0.3 is 19.2 Å². The lowest BCUT2D eigenvalue weighted by molar-refractivity contribution is -0.286. The van der Waals surface area contributed by atoms with E-state index in [0.29, 0.717) is 22.6 Å². The van der Waals surface area contributed by atoms with E-state index < -0.39 is 12.2 Å². The third-order valence-corrected chi connectivity index (χ3v) is 3.88. The van der Waals surface area contributed by atoms with E-state index in [1.165, 1.54) is 30.9 Å². The van der Waals surface area contributed by atoms with E-state index >= 15 is 0 Å². The molecule has 1 aliphatic heterocycles. The number of amides is 1. The van der Waals surface area contributed by atoms with E-state index in [1.54, 1.807) is 13.8 Å². The van der Waals surface area contributed by atoms with Gasteiger partial charge in [-0.25, -0.2) is 9.97 Å². The highest BCUT2D eigenvalue weighted by Gasteiger charge is 2.43. The predicted octanol–water partition coefficient (Wildman–Crippen LogP) is 3.32. The SMILES string of the molecule is Cc1cc2c(cc1-c1cnc(NC(=O)c3ncoc3C)cn1)OC(F)(F)O2. The van der Waals surface area contributed by atoms with E-state index in [1.807, 2.05) is 0 Å². The van der Waals surface area contributed by atoms with E-state index in [9.17, 15) is 13.6 Å².